The lowest BCUT2D eigenvalue weighted by atomic mass is 10.2. The van der Waals surface area contributed by atoms with Gasteiger partial charge in [0.25, 0.3) is 0 Å². The number of likely N-dealkylation sites (tertiary alicyclic amines) is 1. The quantitative estimate of drug-likeness (QED) is 0.880. The van der Waals surface area contributed by atoms with E-state index >= 15 is 0 Å². The molecule has 0 bridgehead atoms. The molecule has 1 aromatic rings. The van der Waals surface area contributed by atoms with Crippen LogP contribution in [0.1, 0.15) is 22.5 Å². The van der Waals surface area contributed by atoms with E-state index in [1.165, 1.54) is 12.6 Å². The molecule has 0 amide bonds. The molecule has 3 rings (SSSR count). The second-order valence-electron chi connectivity index (χ2n) is 5.67. The molecule has 6 heteroatoms. The first-order valence-corrected chi connectivity index (χ1v) is 7.45. The fourth-order valence-electron chi connectivity index (χ4n) is 3.07. The van der Waals surface area contributed by atoms with Crippen LogP contribution in [-0.4, -0.2) is 71.3 Å². The van der Waals surface area contributed by atoms with E-state index in [2.05, 4.69) is 14.8 Å². The number of hydrogen-bond donors (Lipinski definition) is 1. The lowest BCUT2D eigenvalue weighted by molar-refractivity contribution is 0.0183. The summed E-state index contributed by atoms with van der Waals surface area (Å²) >= 11 is 0. The molecule has 2 saturated heterocycles. The van der Waals surface area contributed by atoms with Gasteiger partial charge in [0.05, 0.1) is 24.5 Å². The van der Waals surface area contributed by atoms with Crippen molar-refractivity contribution in [1.29, 1.82) is 0 Å². The summed E-state index contributed by atoms with van der Waals surface area (Å²) in [6.45, 7) is 6.67. The van der Waals surface area contributed by atoms with Gasteiger partial charge in [-0.25, -0.2) is 4.79 Å². The smallest absolute Gasteiger partial charge is 0.337 e. The van der Waals surface area contributed by atoms with Crippen LogP contribution in [0.5, 0.6) is 0 Å². The van der Waals surface area contributed by atoms with Crippen molar-refractivity contribution >= 4 is 5.97 Å². The average Bonchev–Trinajstić information content (AvgIpc) is 2.97. The summed E-state index contributed by atoms with van der Waals surface area (Å²) in [5, 5.41) is 8.87. The van der Waals surface area contributed by atoms with E-state index in [1.807, 2.05) is 6.07 Å². The Morgan fingerprint density at radius 3 is 2.81 bits per heavy atom. The van der Waals surface area contributed by atoms with Crippen molar-refractivity contribution < 1.29 is 14.6 Å². The standard InChI is InChI=1S/C15H21N3O3/c19-15(20)12-1-2-13(16-9-12)10-17-4-3-14(11-17)18-5-7-21-8-6-18/h1-2,9,14H,3-8,10-11H2,(H,19,20). The molecule has 2 fully saturated rings. The molecule has 2 aliphatic rings. The predicted octanol–water partition coefficient (Wildman–Crippen LogP) is 0.686. The van der Waals surface area contributed by atoms with Crippen molar-refractivity contribution in [2.75, 3.05) is 39.4 Å². The van der Waals surface area contributed by atoms with Crippen LogP contribution in [0.25, 0.3) is 0 Å². The minimum absolute atomic E-state index is 0.242. The molecular weight excluding hydrogens is 270 g/mol. The Morgan fingerprint density at radius 2 is 2.14 bits per heavy atom. The van der Waals surface area contributed by atoms with Crippen LogP contribution in [0.4, 0.5) is 0 Å². The van der Waals surface area contributed by atoms with Crippen LogP contribution in [0.3, 0.4) is 0 Å². The highest BCUT2D eigenvalue weighted by Gasteiger charge is 2.28. The van der Waals surface area contributed by atoms with Gasteiger partial charge in [-0.05, 0) is 18.6 Å². The predicted molar refractivity (Wildman–Crippen MR) is 77.3 cm³/mol. The number of rotatable bonds is 4. The fourth-order valence-corrected chi connectivity index (χ4v) is 3.07. The fraction of sp³-hybridized carbons (Fsp3) is 0.600. The number of carboxylic acid groups (broad SMARTS) is 1. The van der Waals surface area contributed by atoms with Gasteiger partial charge in [0.2, 0.25) is 0 Å². The molecule has 2 aliphatic heterocycles. The average molecular weight is 291 g/mol. The first kappa shape index (κ1) is 14.4. The molecule has 0 aromatic carbocycles. The minimum atomic E-state index is -0.928. The number of pyridine rings is 1. The zero-order valence-electron chi connectivity index (χ0n) is 12.1. The van der Waals surface area contributed by atoms with Crippen molar-refractivity contribution in [3.8, 4) is 0 Å². The van der Waals surface area contributed by atoms with Gasteiger partial charge in [-0.1, -0.05) is 0 Å². The van der Waals surface area contributed by atoms with E-state index in [4.69, 9.17) is 9.84 Å². The number of aromatic carboxylic acids is 1. The lowest BCUT2D eigenvalue weighted by Gasteiger charge is -2.32. The topological polar surface area (TPSA) is 65.9 Å². The van der Waals surface area contributed by atoms with Crippen molar-refractivity contribution in [2.45, 2.75) is 19.0 Å². The SMILES string of the molecule is O=C(O)c1ccc(CN2CCC(N3CCOCC3)C2)nc1. The highest BCUT2D eigenvalue weighted by atomic mass is 16.5. The maximum Gasteiger partial charge on any atom is 0.337 e. The summed E-state index contributed by atoms with van der Waals surface area (Å²) in [6.07, 6.45) is 2.63. The molecule has 3 heterocycles. The number of aromatic nitrogens is 1. The molecule has 1 unspecified atom stereocenters. The van der Waals surface area contributed by atoms with Gasteiger partial charge >= 0.3 is 5.97 Å². The van der Waals surface area contributed by atoms with Crippen molar-refractivity contribution in [2.24, 2.45) is 0 Å². The van der Waals surface area contributed by atoms with Crippen molar-refractivity contribution in [3.63, 3.8) is 0 Å². The third-order valence-electron chi connectivity index (χ3n) is 4.27. The normalized spacial score (nSPS) is 24.3. The van der Waals surface area contributed by atoms with E-state index in [0.717, 1.165) is 51.6 Å². The molecule has 0 spiro atoms. The minimum Gasteiger partial charge on any atom is -0.478 e. The van der Waals surface area contributed by atoms with E-state index in [-0.39, 0.29) is 5.56 Å². The number of ether oxygens (including phenoxy) is 1. The Kier molecular flexibility index (Phi) is 4.48. The summed E-state index contributed by atoms with van der Waals surface area (Å²) in [6, 6.07) is 4.05. The number of carboxylic acids is 1. The summed E-state index contributed by atoms with van der Waals surface area (Å²) in [5.41, 5.74) is 1.17. The molecule has 0 saturated carbocycles. The third kappa shape index (κ3) is 3.58. The highest BCUT2D eigenvalue weighted by Crippen LogP contribution is 2.18. The van der Waals surface area contributed by atoms with Gasteiger partial charge in [0.15, 0.2) is 0 Å². The molecule has 1 N–H and O–H groups in total. The molecule has 21 heavy (non-hydrogen) atoms. The molecular formula is C15H21N3O3. The van der Waals surface area contributed by atoms with Crippen LogP contribution < -0.4 is 0 Å². The Morgan fingerprint density at radius 1 is 1.33 bits per heavy atom. The van der Waals surface area contributed by atoms with Crippen LogP contribution in [0.15, 0.2) is 18.3 Å². The van der Waals surface area contributed by atoms with Gasteiger partial charge in [0, 0.05) is 45.0 Å². The zero-order valence-corrected chi connectivity index (χ0v) is 12.1. The zero-order chi connectivity index (χ0) is 14.7. The first-order valence-electron chi connectivity index (χ1n) is 7.45. The molecule has 1 aromatic heterocycles. The maximum atomic E-state index is 10.8. The Bertz CT molecular complexity index is 485. The van der Waals surface area contributed by atoms with Crippen LogP contribution in [0.2, 0.25) is 0 Å². The van der Waals surface area contributed by atoms with Gasteiger partial charge in [0.1, 0.15) is 0 Å². The van der Waals surface area contributed by atoms with Gasteiger partial charge in [-0.3, -0.25) is 14.8 Å². The van der Waals surface area contributed by atoms with Crippen LogP contribution in [0, 0.1) is 0 Å². The first-order chi connectivity index (χ1) is 10.2. The molecule has 114 valence electrons. The molecule has 6 nitrogen and oxygen atoms in total. The van der Waals surface area contributed by atoms with Gasteiger partial charge in [-0.15, -0.1) is 0 Å². The van der Waals surface area contributed by atoms with Crippen molar-refractivity contribution in [1.82, 2.24) is 14.8 Å². The van der Waals surface area contributed by atoms with Crippen LogP contribution in [-0.2, 0) is 11.3 Å². The highest BCUT2D eigenvalue weighted by molar-refractivity contribution is 5.87. The van der Waals surface area contributed by atoms with E-state index in [1.54, 1.807) is 6.07 Å². The van der Waals surface area contributed by atoms with E-state index < -0.39 is 5.97 Å². The number of hydrogen-bond acceptors (Lipinski definition) is 5. The van der Waals surface area contributed by atoms with Gasteiger partial charge < -0.3 is 9.84 Å². The van der Waals surface area contributed by atoms with Crippen molar-refractivity contribution in [3.05, 3.63) is 29.6 Å². The third-order valence-corrected chi connectivity index (χ3v) is 4.27. The second kappa shape index (κ2) is 6.51. The summed E-state index contributed by atoms with van der Waals surface area (Å²) in [7, 11) is 0. The number of carbonyl (C=O) groups is 1. The Balaban J connectivity index is 1.53. The number of morpholine rings is 1. The lowest BCUT2D eigenvalue weighted by Crippen LogP contribution is -2.44. The Hall–Kier alpha value is -1.50. The maximum absolute atomic E-state index is 10.8. The van der Waals surface area contributed by atoms with E-state index in [0.29, 0.717) is 6.04 Å². The summed E-state index contributed by atoms with van der Waals surface area (Å²) in [4.78, 5) is 20.0. The summed E-state index contributed by atoms with van der Waals surface area (Å²) in [5.74, 6) is -0.928. The monoisotopic (exact) mass is 291 g/mol. The molecule has 1 atom stereocenters. The Labute approximate surface area is 124 Å². The van der Waals surface area contributed by atoms with Gasteiger partial charge in [-0.2, -0.15) is 0 Å². The van der Waals surface area contributed by atoms with Crippen LogP contribution >= 0.6 is 0 Å². The largest absolute Gasteiger partial charge is 0.478 e. The summed E-state index contributed by atoms with van der Waals surface area (Å²) < 4.78 is 5.40. The molecule has 0 aliphatic carbocycles. The number of nitrogens with zero attached hydrogens (tertiary/aromatic N) is 3. The second-order valence-corrected chi connectivity index (χ2v) is 5.67. The van der Waals surface area contributed by atoms with E-state index in [9.17, 15) is 4.79 Å². The molecule has 0 radical (unpaired) electrons.